The molecular weight excluding hydrogens is 284 g/mol. The van der Waals surface area contributed by atoms with Crippen LogP contribution in [0.1, 0.15) is 58.1 Å². The van der Waals surface area contributed by atoms with E-state index in [0.717, 1.165) is 13.1 Å². The second-order valence-electron chi connectivity index (χ2n) is 7.24. The maximum Gasteiger partial charge on any atom is 0.188 e. The van der Waals surface area contributed by atoms with Crippen molar-refractivity contribution in [1.29, 1.82) is 0 Å². The summed E-state index contributed by atoms with van der Waals surface area (Å²) in [6.45, 7) is 8.19. The van der Waals surface area contributed by atoms with Gasteiger partial charge < -0.3 is 16.4 Å². The molecule has 0 amide bonds. The van der Waals surface area contributed by atoms with E-state index in [1.807, 2.05) is 0 Å². The average molecular weight is 316 g/mol. The Morgan fingerprint density at radius 2 is 1.83 bits per heavy atom. The van der Waals surface area contributed by atoms with Gasteiger partial charge in [0.15, 0.2) is 5.96 Å². The summed E-state index contributed by atoms with van der Waals surface area (Å²) < 4.78 is 0. The number of nitrogens with one attached hydrogen (secondary N) is 2. The van der Waals surface area contributed by atoms with Crippen LogP contribution in [0.25, 0.3) is 0 Å². The molecule has 1 saturated carbocycles. The molecule has 0 aromatic heterocycles. The minimum absolute atomic E-state index is 0.0827. The number of aliphatic imine (C=N–C) groups is 1. The lowest BCUT2D eigenvalue weighted by molar-refractivity contribution is 0.307. The monoisotopic (exact) mass is 316 g/mol. The summed E-state index contributed by atoms with van der Waals surface area (Å²) in [5.41, 5.74) is 7.42. The molecule has 2 rings (SSSR count). The Balaban J connectivity index is 1.97. The predicted molar refractivity (Wildman–Crippen MR) is 98.5 cm³/mol. The van der Waals surface area contributed by atoms with Gasteiger partial charge >= 0.3 is 0 Å². The number of nitrogens with two attached hydrogens (primary N) is 1. The summed E-state index contributed by atoms with van der Waals surface area (Å²) in [6, 6.07) is 11.0. The van der Waals surface area contributed by atoms with Gasteiger partial charge in [-0.05, 0) is 31.2 Å². The van der Waals surface area contributed by atoms with Crippen molar-refractivity contribution in [2.24, 2.45) is 16.6 Å². The van der Waals surface area contributed by atoms with Gasteiger partial charge in [-0.2, -0.15) is 0 Å². The Morgan fingerprint density at radius 1 is 1.17 bits per heavy atom. The first-order valence-electron chi connectivity index (χ1n) is 8.87. The van der Waals surface area contributed by atoms with Gasteiger partial charge in [-0.15, -0.1) is 0 Å². The quantitative estimate of drug-likeness (QED) is 0.535. The number of hydrogen-bond acceptors (Lipinski definition) is 2. The molecule has 0 heterocycles. The topological polar surface area (TPSA) is 62.4 Å². The van der Waals surface area contributed by atoms with Crippen LogP contribution in [-0.4, -0.2) is 24.6 Å². The van der Waals surface area contributed by atoms with E-state index in [4.69, 9.17) is 5.73 Å². The lowest BCUT2D eigenvalue weighted by Gasteiger charge is -2.33. The molecule has 1 atom stereocenters. The van der Waals surface area contributed by atoms with Crippen LogP contribution in [0.4, 0.5) is 0 Å². The van der Waals surface area contributed by atoms with Gasteiger partial charge in [-0.25, -0.2) is 0 Å². The Labute approximate surface area is 141 Å². The molecule has 1 aromatic carbocycles. The van der Waals surface area contributed by atoms with Crippen molar-refractivity contribution in [3.63, 3.8) is 0 Å². The molecule has 0 bridgehead atoms. The van der Waals surface area contributed by atoms with Crippen molar-refractivity contribution in [2.45, 2.75) is 58.0 Å². The highest BCUT2D eigenvalue weighted by atomic mass is 15.1. The molecule has 1 aliphatic rings. The van der Waals surface area contributed by atoms with Crippen molar-refractivity contribution >= 4 is 5.96 Å². The van der Waals surface area contributed by atoms with Crippen molar-refractivity contribution in [2.75, 3.05) is 13.1 Å². The van der Waals surface area contributed by atoms with Crippen LogP contribution < -0.4 is 16.4 Å². The highest BCUT2D eigenvalue weighted by Crippen LogP contribution is 2.32. The summed E-state index contributed by atoms with van der Waals surface area (Å²) in [5, 5.41) is 7.05. The Bertz CT molecular complexity index is 489. The van der Waals surface area contributed by atoms with E-state index >= 15 is 0 Å². The molecule has 0 radical (unpaired) electrons. The van der Waals surface area contributed by atoms with E-state index < -0.39 is 0 Å². The van der Waals surface area contributed by atoms with Gasteiger partial charge in [-0.1, -0.05) is 57.0 Å². The zero-order valence-corrected chi connectivity index (χ0v) is 14.8. The molecular formula is C19H32N4. The van der Waals surface area contributed by atoms with Crippen molar-refractivity contribution in [3.05, 3.63) is 35.9 Å². The molecule has 23 heavy (non-hydrogen) atoms. The van der Waals surface area contributed by atoms with Gasteiger partial charge in [0.2, 0.25) is 0 Å². The van der Waals surface area contributed by atoms with Crippen molar-refractivity contribution in [3.8, 4) is 0 Å². The third-order valence-corrected chi connectivity index (χ3v) is 4.63. The van der Waals surface area contributed by atoms with Crippen LogP contribution in [-0.2, 0) is 0 Å². The molecule has 4 N–H and O–H groups in total. The number of rotatable bonds is 7. The largest absolute Gasteiger partial charge is 0.370 e. The molecule has 4 heteroatoms. The summed E-state index contributed by atoms with van der Waals surface area (Å²) >= 11 is 0. The SMILES string of the molecule is CC(C)CNC(N)=NCC1(NC(C)c2ccccc2)CCCC1. The number of nitrogens with zero attached hydrogens (tertiary/aromatic N) is 1. The van der Waals surface area contributed by atoms with Crippen LogP contribution in [0.15, 0.2) is 35.3 Å². The predicted octanol–water partition coefficient (Wildman–Crippen LogP) is 3.21. The molecule has 0 spiro atoms. The van der Waals surface area contributed by atoms with Crippen molar-refractivity contribution < 1.29 is 0 Å². The first-order chi connectivity index (χ1) is 11.0. The summed E-state index contributed by atoms with van der Waals surface area (Å²) in [4.78, 5) is 4.62. The smallest absolute Gasteiger partial charge is 0.188 e. The lowest BCUT2D eigenvalue weighted by atomic mass is 9.95. The summed E-state index contributed by atoms with van der Waals surface area (Å²) in [7, 11) is 0. The lowest BCUT2D eigenvalue weighted by Crippen LogP contribution is -2.47. The van der Waals surface area contributed by atoms with Gasteiger partial charge in [-0.3, -0.25) is 4.99 Å². The normalized spacial score (nSPS) is 19.0. The second-order valence-corrected chi connectivity index (χ2v) is 7.24. The first kappa shape index (κ1) is 17.8. The molecule has 1 fully saturated rings. The molecule has 1 aromatic rings. The first-order valence-corrected chi connectivity index (χ1v) is 8.87. The third-order valence-electron chi connectivity index (χ3n) is 4.63. The third kappa shape index (κ3) is 5.54. The van der Waals surface area contributed by atoms with Crippen LogP contribution in [0.3, 0.4) is 0 Å². The van der Waals surface area contributed by atoms with Gasteiger partial charge in [0.25, 0.3) is 0 Å². The maximum atomic E-state index is 6.01. The van der Waals surface area contributed by atoms with Gasteiger partial charge in [0.05, 0.1) is 6.54 Å². The van der Waals surface area contributed by atoms with Crippen LogP contribution in [0, 0.1) is 5.92 Å². The van der Waals surface area contributed by atoms with E-state index in [2.05, 4.69) is 66.7 Å². The highest BCUT2D eigenvalue weighted by Gasteiger charge is 2.34. The molecule has 128 valence electrons. The molecule has 1 aliphatic carbocycles. The molecule has 0 saturated heterocycles. The minimum Gasteiger partial charge on any atom is -0.370 e. The average Bonchev–Trinajstić information content (AvgIpc) is 3.00. The fourth-order valence-electron chi connectivity index (χ4n) is 3.29. The molecule has 1 unspecified atom stereocenters. The fraction of sp³-hybridized carbons (Fsp3) is 0.632. The minimum atomic E-state index is 0.0827. The van der Waals surface area contributed by atoms with Crippen LogP contribution in [0.2, 0.25) is 0 Å². The summed E-state index contributed by atoms with van der Waals surface area (Å²) in [5.74, 6) is 1.14. The van der Waals surface area contributed by atoms with Crippen LogP contribution in [0.5, 0.6) is 0 Å². The maximum absolute atomic E-state index is 6.01. The van der Waals surface area contributed by atoms with E-state index in [9.17, 15) is 0 Å². The number of hydrogen-bond donors (Lipinski definition) is 3. The fourth-order valence-corrected chi connectivity index (χ4v) is 3.29. The zero-order valence-electron chi connectivity index (χ0n) is 14.8. The van der Waals surface area contributed by atoms with E-state index in [1.165, 1.54) is 31.2 Å². The van der Waals surface area contributed by atoms with E-state index in [0.29, 0.717) is 17.9 Å². The van der Waals surface area contributed by atoms with Gasteiger partial charge in [0, 0.05) is 18.1 Å². The zero-order chi connectivity index (χ0) is 16.7. The van der Waals surface area contributed by atoms with E-state index in [-0.39, 0.29) is 5.54 Å². The Morgan fingerprint density at radius 3 is 2.43 bits per heavy atom. The Kier molecular flexibility index (Phi) is 6.46. The number of benzene rings is 1. The number of guanidine groups is 1. The van der Waals surface area contributed by atoms with E-state index in [1.54, 1.807) is 0 Å². The van der Waals surface area contributed by atoms with Gasteiger partial charge in [0.1, 0.15) is 0 Å². The highest BCUT2D eigenvalue weighted by molar-refractivity contribution is 5.77. The van der Waals surface area contributed by atoms with Crippen molar-refractivity contribution in [1.82, 2.24) is 10.6 Å². The standard InChI is InChI=1S/C19H32N4/c1-15(2)13-21-18(20)22-14-19(11-7-8-12-19)23-16(3)17-9-5-4-6-10-17/h4-6,9-10,15-16,23H,7-8,11-14H2,1-3H3,(H3,20,21,22). The summed E-state index contributed by atoms with van der Waals surface area (Å²) in [6.07, 6.45) is 4.88. The second kappa shape index (κ2) is 8.34. The molecule has 0 aliphatic heterocycles. The van der Waals surface area contributed by atoms with Crippen LogP contribution >= 0.6 is 0 Å². The Hall–Kier alpha value is -1.55. The molecule has 4 nitrogen and oxygen atoms in total.